The van der Waals surface area contributed by atoms with Crippen LogP contribution in [0.4, 0.5) is 0 Å². The molecule has 0 unspecified atom stereocenters. The van der Waals surface area contributed by atoms with Crippen molar-refractivity contribution >= 4 is 16.7 Å². The van der Waals surface area contributed by atoms with Gasteiger partial charge in [-0.05, 0) is 24.8 Å². The van der Waals surface area contributed by atoms with Crippen LogP contribution in [0.15, 0.2) is 24.3 Å². The molecule has 1 aromatic carbocycles. The Bertz CT molecular complexity index is 879. The molecule has 4 nitrogen and oxygen atoms in total. The van der Waals surface area contributed by atoms with Gasteiger partial charge in [0.1, 0.15) is 0 Å². The van der Waals surface area contributed by atoms with Crippen LogP contribution in [-0.2, 0) is 4.79 Å². The predicted molar refractivity (Wildman–Crippen MR) is 108 cm³/mol. The smallest absolute Gasteiger partial charge is 0.150 e. The average Bonchev–Trinajstić information content (AvgIpc) is 2.93. The number of aryl methyl sites for hydroxylation is 1. The first kappa shape index (κ1) is 17.4. The molecule has 27 heavy (non-hydrogen) atoms. The van der Waals surface area contributed by atoms with Gasteiger partial charge in [0.25, 0.3) is 0 Å². The van der Waals surface area contributed by atoms with E-state index in [1.165, 1.54) is 22.2 Å². The number of ketones is 1. The summed E-state index contributed by atoms with van der Waals surface area (Å²) in [5.41, 5.74) is 3.47. The van der Waals surface area contributed by atoms with Crippen LogP contribution in [0.1, 0.15) is 45.1 Å². The number of carbonyl (C=O) groups excluding carboxylic acids is 1. The van der Waals surface area contributed by atoms with Gasteiger partial charge in [0.05, 0.1) is 17.0 Å². The van der Waals surface area contributed by atoms with Crippen LogP contribution in [0, 0.1) is 29.6 Å². The lowest BCUT2D eigenvalue weighted by Crippen LogP contribution is -2.78. The number of nitrogens with zero attached hydrogens (tertiary/aromatic N) is 2. The van der Waals surface area contributed by atoms with E-state index in [1.807, 2.05) is 0 Å². The second kappa shape index (κ2) is 5.45. The number of Topliss-reactive ketones (excluding diaryl/α,β-unsaturated/α-hetero) is 1. The fourth-order valence-corrected chi connectivity index (χ4v) is 6.27. The van der Waals surface area contributed by atoms with Gasteiger partial charge in [-0.25, -0.2) is 0 Å². The highest BCUT2D eigenvalue weighted by Crippen LogP contribution is 2.57. The fraction of sp³-hybridized carbons (Fsp3) is 0.609. The standard InChI is InChI=1S/C23H31N3O/c1-14(2)22-10-25-12-23(15(3)4,21(22)27)13-26(11-22)20(25)19-16(5)24-18-9-7-6-8-17(18)19/h6-9,14-15,20,24H,10-13H2,1-5H3. The van der Waals surface area contributed by atoms with Crippen molar-refractivity contribution in [1.82, 2.24) is 14.8 Å². The van der Waals surface area contributed by atoms with Crippen molar-refractivity contribution in [2.45, 2.75) is 40.8 Å². The molecule has 1 aromatic heterocycles. The summed E-state index contributed by atoms with van der Waals surface area (Å²) in [7, 11) is 0. The molecule has 6 rings (SSSR count). The molecule has 0 saturated carbocycles. The molecule has 0 radical (unpaired) electrons. The third-order valence-corrected chi connectivity index (χ3v) is 7.95. The first-order valence-corrected chi connectivity index (χ1v) is 10.4. The Kier molecular flexibility index (Phi) is 3.52. The molecule has 0 atom stereocenters. The number of rotatable bonds is 3. The summed E-state index contributed by atoms with van der Waals surface area (Å²) in [6.45, 7) is 14.8. The molecule has 0 spiro atoms. The highest BCUT2D eigenvalue weighted by Gasteiger charge is 2.67. The second-order valence-corrected chi connectivity index (χ2v) is 9.84. The Balaban J connectivity index is 1.66. The summed E-state index contributed by atoms with van der Waals surface area (Å²) in [6, 6.07) is 8.64. The number of hydrogen-bond acceptors (Lipinski definition) is 3. The third kappa shape index (κ3) is 2.03. The van der Waals surface area contributed by atoms with Crippen LogP contribution in [0.25, 0.3) is 10.9 Å². The van der Waals surface area contributed by atoms with E-state index < -0.39 is 0 Å². The molecule has 2 aromatic rings. The van der Waals surface area contributed by atoms with Gasteiger partial charge < -0.3 is 4.98 Å². The van der Waals surface area contributed by atoms with Gasteiger partial charge >= 0.3 is 0 Å². The Morgan fingerprint density at radius 1 is 0.963 bits per heavy atom. The molecule has 1 N–H and O–H groups in total. The minimum absolute atomic E-state index is 0.211. The van der Waals surface area contributed by atoms with Gasteiger partial charge in [0, 0.05) is 48.3 Å². The van der Waals surface area contributed by atoms with Crippen LogP contribution in [0.5, 0.6) is 0 Å². The molecule has 4 bridgehead atoms. The van der Waals surface area contributed by atoms with E-state index in [1.54, 1.807) is 0 Å². The van der Waals surface area contributed by atoms with E-state index in [2.05, 4.69) is 73.7 Å². The molecule has 0 amide bonds. The normalized spacial score (nSPS) is 37.9. The summed E-state index contributed by atoms with van der Waals surface area (Å²) in [6.07, 6.45) is 0.285. The molecule has 4 heteroatoms. The first-order valence-electron chi connectivity index (χ1n) is 10.4. The SMILES string of the molecule is Cc1[nH]c2ccccc2c1C1N2CC3(C(C)C)CN1CC(C(C)C)(C2)C3=O. The Morgan fingerprint density at radius 2 is 1.48 bits per heavy atom. The van der Waals surface area contributed by atoms with Crippen molar-refractivity contribution in [1.29, 1.82) is 0 Å². The van der Waals surface area contributed by atoms with Crippen molar-refractivity contribution in [3.05, 3.63) is 35.5 Å². The number of aromatic nitrogens is 1. The summed E-state index contributed by atoms with van der Waals surface area (Å²) >= 11 is 0. The maximum absolute atomic E-state index is 13.7. The first-order chi connectivity index (χ1) is 12.8. The monoisotopic (exact) mass is 365 g/mol. The van der Waals surface area contributed by atoms with Crippen LogP contribution >= 0.6 is 0 Å². The van der Waals surface area contributed by atoms with Crippen molar-refractivity contribution in [2.75, 3.05) is 26.2 Å². The van der Waals surface area contributed by atoms with Gasteiger partial charge in [0.2, 0.25) is 0 Å². The molecule has 4 aliphatic rings. The van der Waals surface area contributed by atoms with Crippen LogP contribution in [0.3, 0.4) is 0 Å². The van der Waals surface area contributed by atoms with Crippen LogP contribution in [-0.4, -0.2) is 46.7 Å². The zero-order chi connectivity index (χ0) is 19.1. The summed E-state index contributed by atoms with van der Waals surface area (Å²) in [5, 5.41) is 1.33. The van der Waals surface area contributed by atoms with Crippen molar-refractivity contribution in [2.24, 2.45) is 22.7 Å². The number of piperidine rings is 2. The zero-order valence-corrected chi connectivity index (χ0v) is 17.2. The van der Waals surface area contributed by atoms with Gasteiger partial charge in [-0.2, -0.15) is 0 Å². The van der Waals surface area contributed by atoms with Gasteiger partial charge in [-0.3, -0.25) is 14.6 Å². The minimum Gasteiger partial charge on any atom is -0.358 e. The Hall–Kier alpha value is -1.65. The topological polar surface area (TPSA) is 39.3 Å². The van der Waals surface area contributed by atoms with Gasteiger partial charge in [0.15, 0.2) is 5.78 Å². The van der Waals surface area contributed by atoms with Crippen molar-refractivity contribution in [3.63, 3.8) is 0 Å². The molecule has 4 fully saturated rings. The number of fused-ring (bicyclic) bond motifs is 1. The van der Waals surface area contributed by atoms with Crippen molar-refractivity contribution in [3.8, 4) is 0 Å². The second-order valence-electron chi connectivity index (χ2n) is 9.84. The van der Waals surface area contributed by atoms with Crippen molar-refractivity contribution < 1.29 is 4.79 Å². The van der Waals surface area contributed by atoms with Gasteiger partial charge in [-0.15, -0.1) is 0 Å². The number of benzene rings is 1. The molecular formula is C23H31N3O. The molecule has 144 valence electrons. The lowest BCUT2D eigenvalue weighted by atomic mass is 9.53. The van der Waals surface area contributed by atoms with E-state index in [0.29, 0.717) is 17.6 Å². The third-order valence-electron chi connectivity index (χ3n) is 7.95. The fourth-order valence-electron chi connectivity index (χ4n) is 6.27. The molecule has 4 saturated heterocycles. The van der Waals surface area contributed by atoms with E-state index in [9.17, 15) is 4.79 Å². The summed E-state index contributed by atoms with van der Waals surface area (Å²) < 4.78 is 0. The quantitative estimate of drug-likeness (QED) is 0.894. The molecule has 5 heterocycles. The minimum atomic E-state index is -0.211. The maximum Gasteiger partial charge on any atom is 0.150 e. The zero-order valence-electron chi connectivity index (χ0n) is 17.2. The molecule has 4 aliphatic heterocycles. The number of H-pyrrole nitrogens is 1. The van der Waals surface area contributed by atoms with Crippen LogP contribution in [0.2, 0.25) is 0 Å². The number of aromatic amines is 1. The van der Waals surface area contributed by atoms with E-state index in [0.717, 1.165) is 26.2 Å². The number of para-hydroxylation sites is 1. The lowest BCUT2D eigenvalue weighted by molar-refractivity contribution is -0.217. The molecular weight excluding hydrogens is 334 g/mol. The maximum atomic E-state index is 13.7. The lowest BCUT2D eigenvalue weighted by Gasteiger charge is -2.68. The van der Waals surface area contributed by atoms with E-state index in [-0.39, 0.29) is 17.0 Å². The Morgan fingerprint density at radius 3 is 2.00 bits per heavy atom. The number of hydrogen-bond donors (Lipinski definition) is 1. The summed E-state index contributed by atoms with van der Waals surface area (Å²) in [4.78, 5) is 22.5. The number of nitrogens with one attached hydrogen (secondary N) is 1. The van der Waals surface area contributed by atoms with Gasteiger partial charge in [-0.1, -0.05) is 45.9 Å². The highest BCUT2D eigenvalue weighted by atomic mass is 16.1. The summed E-state index contributed by atoms with van der Waals surface area (Å²) in [5.74, 6) is 1.29. The highest BCUT2D eigenvalue weighted by molar-refractivity contribution is 5.94. The van der Waals surface area contributed by atoms with Crippen LogP contribution < -0.4 is 0 Å². The molecule has 0 aliphatic carbocycles. The van der Waals surface area contributed by atoms with E-state index in [4.69, 9.17) is 0 Å². The predicted octanol–water partition coefficient (Wildman–Crippen LogP) is 3.97. The number of carbonyl (C=O) groups is 1. The largest absolute Gasteiger partial charge is 0.358 e. The Labute approximate surface area is 161 Å². The van der Waals surface area contributed by atoms with E-state index >= 15 is 0 Å². The average molecular weight is 366 g/mol.